The highest BCUT2D eigenvalue weighted by molar-refractivity contribution is 7.99. The van der Waals surface area contributed by atoms with Crippen LogP contribution in [0.1, 0.15) is 43.4 Å². The summed E-state index contributed by atoms with van der Waals surface area (Å²) in [7, 11) is 0. The Bertz CT molecular complexity index is 1430. The summed E-state index contributed by atoms with van der Waals surface area (Å²) in [5.41, 5.74) is 3.06. The van der Waals surface area contributed by atoms with Gasteiger partial charge in [0, 0.05) is 22.9 Å². The van der Waals surface area contributed by atoms with Crippen LogP contribution in [0.15, 0.2) is 70.4 Å². The number of aryl methyl sites for hydroxylation is 1. The Morgan fingerprint density at radius 1 is 1.05 bits per heavy atom. The molecule has 1 aliphatic carbocycles. The van der Waals surface area contributed by atoms with Gasteiger partial charge in [-0.1, -0.05) is 37.1 Å². The first-order chi connectivity index (χ1) is 19.0. The lowest BCUT2D eigenvalue weighted by Crippen LogP contribution is -2.25. The zero-order valence-corrected chi connectivity index (χ0v) is 22.5. The van der Waals surface area contributed by atoms with Gasteiger partial charge >= 0.3 is 0 Å². The van der Waals surface area contributed by atoms with Crippen molar-refractivity contribution in [2.24, 2.45) is 5.92 Å². The van der Waals surface area contributed by atoms with Crippen LogP contribution in [0.3, 0.4) is 0 Å². The summed E-state index contributed by atoms with van der Waals surface area (Å²) in [4.78, 5) is 25.6. The monoisotopic (exact) mass is 545 g/mol. The third-order valence-corrected chi connectivity index (χ3v) is 7.79. The van der Waals surface area contributed by atoms with Crippen molar-refractivity contribution in [1.29, 1.82) is 0 Å². The van der Waals surface area contributed by atoms with E-state index in [1.807, 2.05) is 35.8 Å². The Hall–Kier alpha value is -4.05. The Morgan fingerprint density at radius 3 is 2.59 bits per heavy atom. The lowest BCUT2D eigenvalue weighted by atomic mass is 9.88. The van der Waals surface area contributed by atoms with E-state index in [-0.39, 0.29) is 29.2 Å². The summed E-state index contributed by atoms with van der Waals surface area (Å²) in [6.07, 6.45) is 6.84. The summed E-state index contributed by atoms with van der Waals surface area (Å²) in [6, 6.07) is 15.9. The molecule has 1 aliphatic rings. The second-order valence-electron chi connectivity index (χ2n) is 9.71. The fraction of sp³-hybridized carbons (Fsp3) is 0.310. The van der Waals surface area contributed by atoms with Gasteiger partial charge in [0.15, 0.2) is 11.0 Å². The number of phenolic OH excluding ortho intramolecular Hbond substituents is 1. The fourth-order valence-electron chi connectivity index (χ4n) is 4.68. The first-order valence-electron chi connectivity index (χ1n) is 13.1. The minimum absolute atomic E-state index is 0.0529. The van der Waals surface area contributed by atoms with E-state index < -0.39 is 0 Å². The van der Waals surface area contributed by atoms with Crippen LogP contribution in [-0.4, -0.2) is 37.4 Å². The third-order valence-electron chi connectivity index (χ3n) is 6.82. The number of benzene rings is 2. The van der Waals surface area contributed by atoms with Gasteiger partial charge in [-0.25, -0.2) is 0 Å². The van der Waals surface area contributed by atoms with Gasteiger partial charge in [0.25, 0.3) is 0 Å². The van der Waals surface area contributed by atoms with Crippen molar-refractivity contribution in [3.05, 3.63) is 72.2 Å². The van der Waals surface area contributed by atoms with E-state index in [1.165, 1.54) is 18.2 Å². The topological polar surface area (TPSA) is 122 Å². The zero-order chi connectivity index (χ0) is 27.2. The predicted molar refractivity (Wildman–Crippen MR) is 151 cm³/mol. The molecule has 4 aromatic rings. The fourth-order valence-corrected chi connectivity index (χ4v) is 5.42. The highest BCUT2D eigenvalue weighted by Crippen LogP contribution is 2.29. The highest BCUT2D eigenvalue weighted by atomic mass is 32.2. The zero-order valence-electron chi connectivity index (χ0n) is 21.7. The summed E-state index contributed by atoms with van der Waals surface area (Å²) >= 11 is 1.27. The molecule has 5 rings (SSSR count). The van der Waals surface area contributed by atoms with Crippen molar-refractivity contribution < 1.29 is 19.1 Å². The summed E-state index contributed by atoms with van der Waals surface area (Å²) < 4.78 is 7.41. The van der Waals surface area contributed by atoms with Crippen LogP contribution in [-0.2, 0) is 16.1 Å². The van der Waals surface area contributed by atoms with Gasteiger partial charge in [-0.3, -0.25) is 14.2 Å². The molecule has 202 valence electrons. The van der Waals surface area contributed by atoms with E-state index in [4.69, 9.17) is 4.42 Å². The van der Waals surface area contributed by atoms with Gasteiger partial charge in [-0.2, -0.15) is 0 Å². The van der Waals surface area contributed by atoms with Crippen molar-refractivity contribution in [1.82, 2.24) is 14.8 Å². The van der Waals surface area contributed by atoms with E-state index in [9.17, 15) is 14.7 Å². The number of hydrogen-bond acceptors (Lipinski definition) is 7. The summed E-state index contributed by atoms with van der Waals surface area (Å²) in [5, 5.41) is 24.9. The first-order valence-corrected chi connectivity index (χ1v) is 14.0. The second-order valence-corrected chi connectivity index (χ2v) is 10.7. The number of amides is 2. The molecule has 0 bridgehead atoms. The Labute approximate surface area is 231 Å². The SMILES string of the molecule is Cc1ccc(NC(=O)CSc2nnc(-c3ccc(O)cc3)n2Cc2ccco2)cc1NC(=O)C1CCCCC1. The number of nitrogens with one attached hydrogen (secondary N) is 2. The van der Waals surface area contributed by atoms with Crippen molar-refractivity contribution in [3.63, 3.8) is 0 Å². The first kappa shape index (κ1) is 26.6. The predicted octanol–water partition coefficient (Wildman–Crippen LogP) is 5.85. The van der Waals surface area contributed by atoms with Crippen LogP contribution >= 0.6 is 11.8 Å². The van der Waals surface area contributed by atoms with Crippen LogP contribution in [0.2, 0.25) is 0 Å². The smallest absolute Gasteiger partial charge is 0.234 e. The normalized spacial score (nSPS) is 13.8. The summed E-state index contributed by atoms with van der Waals surface area (Å²) in [6.45, 7) is 2.33. The molecular weight excluding hydrogens is 514 g/mol. The van der Waals surface area contributed by atoms with Crippen LogP contribution < -0.4 is 10.6 Å². The van der Waals surface area contributed by atoms with Crippen molar-refractivity contribution in [3.8, 4) is 17.1 Å². The Balaban J connectivity index is 1.25. The number of thioether (sulfide) groups is 1. The van der Waals surface area contributed by atoms with Gasteiger partial charge < -0.3 is 20.2 Å². The average molecular weight is 546 g/mol. The molecule has 39 heavy (non-hydrogen) atoms. The molecule has 0 unspecified atom stereocenters. The third kappa shape index (κ3) is 6.69. The Kier molecular flexibility index (Phi) is 8.31. The van der Waals surface area contributed by atoms with Crippen LogP contribution in [0, 0.1) is 12.8 Å². The lowest BCUT2D eigenvalue weighted by molar-refractivity contribution is -0.120. The molecule has 1 fully saturated rings. The van der Waals surface area contributed by atoms with E-state index in [0.717, 1.165) is 42.6 Å². The molecule has 1 saturated carbocycles. The molecule has 2 heterocycles. The minimum Gasteiger partial charge on any atom is -0.508 e. The van der Waals surface area contributed by atoms with Gasteiger partial charge in [0.2, 0.25) is 11.8 Å². The summed E-state index contributed by atoms with van der Waals surface area (Å²) in [5.74, 6) is 1.51. The number of furan rings is 1. The molecule has 2 aromatic heterocycles. The number of carbonyl (C=O) groups excluding carboxylic acids is 2. The molecular formula is C29H31N5O4S. The number of phenols is 1. The number of aromatic nitrogens is 3. The lowest BCUT2D eigenvalue weighted by Gasteiger charge is -2.21. The molecule has 2 aromatic carbocycles. The van der Waals surface area contributed by atoms with Crippen LogP contribution in [0.25, 0.3) is 11.4 Å². The molecule has 0 aliphatic heterocycles. The maximum absolute atomic E-state index is 12.9. The standard InChI is InChI=1S/C29H31N5O4S/c1-19-9-12-22(16-25(19)31-28(37)21-6-3-2-4-7-21)30-26(36)18-39-29-33-32-27(20-10-13-23(35)14-11-20)34(29)17-24-8-5-15-38-24/h5,8-16,21,35H,2-4,6-7,17-18H2,1H3,(H,30,36)(H,31,37). The maximum Gasteiger partial charge on any atom is 0.234 e. The van der Waals surface area contributed by atoms with Gasteiger partial charge in [-0.15, -0.1) is 10.2 Å². The molecule has 2 amide bonds. The minimum atomic E-state index is -0.202. The van der Waals surface area contributed by atoms with E-state index in [2.05, 4.69) is 20.8 Å². The molecule has 10 heteroatoms. The quantitative estimate of drug-likeness (QED) is 0.226. The highest BCUT2D eigenvalue weighted by Gasteiger charge is 2.22. The molecule has 0 saturated heterocycles. The van der Waals surface area contributed by atoms with Gasteiger partial charge in [0.05, 0.1) is 18.6 Å². The van der Waals surface area contributed by atoms with Crippen molar-refractivity contribution in [2.45, 2.75) is 50.7 Å². The van der Waals surface area contributed by atoms with E-state index >= 15 is 0 Å². The van der Waals surface area contributed by atoms with Gasteiger partial charge in [-0.05, 0) is 73.9 Å². The molecule has 0 spiro atoms. The number of aromatic hydroxyl groups is 1. The number of anilines is 2. The van der Waals surface area contributed by atoms with Gasteiger partial charge in [0.1, 0.15) is 11.5 Å². The molecule has 3 N–H and O–H groups in total. The molecule has 0 atom stereocenters. The average Bonchev–Trinajstić information content (AvgIpc) is 3.61. The second kappa shape index (κ2) is 12.2. The molecule has 0 radical (unpaired) electrons. The van der Waals surface area contributed by atoms with Crippen molar-refractivity contribution >= 4 is 35.0 Å². The van der Waals surface area contributed by atoms with Crippen LogP contribution in [0.4, 0.5) is 11.4 Å². The van der Waals surface area contributed by atoms with Crippen LogP contribution in [0.5, 0.6) is 5.75 Å². The largest absolute Gasteiger partial charge is 0.508 e. The number of nitrogens with zero attached hydrogens (tertiary/aromatic N) is 3. The maximum atomic E-state index is 12.9. The number of rotatable bonds is 9. The van der Waals surface area contributed by atoms with E-state index in [1.54, 1.807) is 36.6 Å². The Morgan fingerprint density at radius 2 is 1.85 bits per heavy atom. The van der Waals surface area contributed by atoms with E-state index in [0.29, 0.717) is 28.9 Å². The molecule has 9 nitrogen and oxygen atoms in total. The van der Waals surface area contributed by atoms with Crippen molar-refractivity contribution in [2.75, 3.05) is 16.4 Å². The number of hydrogen-bond donors (Lipinski definition) is 3. The number of carbonyl (C=O) groups is 2.